The summed E-state index contributed by atoms with van der Waals surface area (Å²) in [5.74, 6) is 0.0497. The van der Waals surface area contributed by atoms with Crippen LogP contribution in [0.25, 0.3) is 6.08 Å². The van der Waals surface area contributed by atoms with Crippen LogP contribution in [0.2, 0.25) is 0 Å². The lowest BCUT2D eigenvalue weighted by Gasteiger charge is -2.03. The molecule has 19 heavy (non-hydrogen) atoms. The summed E-state index contributed by atoms with van der Waals surface area (Å²) in [6, 6.07) is 8.81. The van der Waals surface area contributed by atoms with Gasteiger partial charge in [-0.25, -0.2) is 4.79 Å². The van der Waals surface area contributed by atoms with Crippen molar-refractivity contribution in [3.63, 3.8) is 0 Å². The van der Waals surface area contributed by atoms with Gasteiger partial charge in [-0.15, -0.1) is 0 Å². The molecule has 0 aliphatic heterocycles. The minimum absolute atomic E-state index is 0.0544. The van der Waals surface area contributed by atoms with E-state index in [1.165, 1.54) is 13.2 Å². The molecule has 0 unspecified atom stereocenters. The van der Waals surface area contributed by atoms with E-state index < -0.39 is 5.97 Å². The lowest BCUT2D eigenvalue weighted by atomic mass is 10.1. The summed E-state index contributed by atoms with van der Waals surface area (Å²) in [5, 5.41) is 8.94. The van der Waals surface area contributed by atoms with E-state index in [1.807, 2.05) is 6.07 Å². The van der Waals surface area contributed by atoms with Crippen LogP contribution < -0.4 is 4.74 Å². The second-order valence-electron chi connectivity index (χ2n) is 3.57. The van der Waals surface area contributed by atoms with Crippen LogP contribution in [0, 0.1) is 11.3 Å². The number of hydrogen-bond acceptors (Lipinski definition) is 5. The number of carbonyl (C=O) groups is 1. The molecule has 1 aromatic carbocycles. The van der Waals surface area contributed by atoms with Crippen LogP contribution in [0.15, 0.2) is 29.8 Å². The summed E-state index contributed by atoms with van der Waals surface area (Å²) in [4.78, 5) is 11.6. The third kappa shape index (κ3) is 4.82. The van der Waals surface area contributed by atoms with E-state index in [0.29, 0.717) is 12.4 Å². The van der Waals surface area contributed by atoms with Crippen molar-refractivity contribution in [2.24, 2.45) is 0 Å². The predicted molar refractivity (Wildman–Crippen MR) is 69.4 cm³/mol. The van der Waals surface area contributed by atoms with E-state index in [9.17, 15) is 4.79 Å². The Kier molecular flexibility index (Phi) is 6.13. The summed E-state index contributed by atoms with van der Waals surface area (Å²) in [7, 11) is 3.07. The minimum atomic E-state index is -0.657. The smallest absolute Gasteiger partial charge is 0.348 e. The summed E-state index contributed by atoms with van der Waals surface area (Å²) in [5.41, 5.74) is 0.669. The van der Waals surface area contributed by atoms with Crippen molar-refractivity contribution in [2.75, 3.05) is 27.4 Å². The first-order chi connectivity index (χ1) is 9.21. The molecule has 0 aliphatic carbocycles. The van der Waals surface area contributed by atoms with Crippen LogP contribution in [0.4, 0.5) is 0 Å². The Labute approximate surface area is 112 Å². The van der Waals surface area contributed by atoms with Crippen molar-refractivity contribution in [1.82, 2.24) is 0 Å². The molecule has 0 fully saturated rings. The monoisotopic (exact) mass is 261 g/mol. The van der Waals surface area contributed by atoms with E-state index >= 15 is 0 Å². The average molecular weight is 261 g/mol. The van der Waals surface area contributed by atoms with Crippen molar-refractivity contribution in [1.29, 1.82) is 5.26 Å². The molecule has 0 aromatic heterocycles. The SMILES string of the molecule is COCCOC(=O)C(C#N)=Cc1ccc(OC)cc1. The zero-order chi connectivity index (χ0) is 14.1. The Morgan fingerprint density at radius 3 is 2.47 bits per heavy atom. The van der Waals surface area contributed by atoms with Crippen molar-refractivity contribution >= 4 is 12.0 Å². The quantitative estimate of drug-likeness (QED) is 0.338. The summed E-state index contributed by atoms with van der Waals surface area (Å²) < 4.78 is 14.7. The Morgan fingerprint density at radius 2 is 1.95 bits per heavy atom. The molecule has 0 aliphatic rings. The number of hydrogen-bond donors (Lipinski definition) is 0. The second kappa shape index (κ2) is 7.90. The molecule has 1 aromatic rings. The molecule has 0 amide bonds. The van der Waals surface area contributed by atoms with Gasteiger partial charge in [-0.1, -0.05) is 12.1 Å². The molecule has 1 rings (SSSR count). The fourth-order valence-electron chi connectivity index (χ4n) is 1.30. The van der Waals surface area contributed by atoms with Crippen molar-refractivity contribution in [3.8, 4) is 11.8 Å². The summed E-state index contributed by atoms with van der Waals surface area (Å²) in [6.45, 7) is 0.421. The highest BCUT2D eigenvalue weighted by molar-refractivity contribution is 5.97. The molecule has 100 valence electrons. The number of rotatable bonds is 6. The van der Waals surface area contributed by atoms with Crippen molar-refractivity contribution in [3.05, 3.63) is 35.4 Å². The third-order valence-electron chi connectivity index (χ3n) is 2.29. The van der Waals surface area contributed by atoms with Crippen LogP contribution >= 0.6 is 0 Å². The van der Waals surface area contributed by atoms with E-state index in [2.05, 4.69) is 0 Å². The molecule has 5 nitrogen and oxygen atoms in total. The second-order valence-corrected chi connectivity index (χ2v) is 3.57. The minimum Gasteiger partial charge on any atom is -0.497 e. The molecule has 0 bridgehead atoms. The van der Waals surface area contributed by atoms with E-state index in [0.717, 1.165) is 5.56 Å². The summed E-state index contributed by atoms with van der Waals surface area (Å²) in [6.07, 6.45) is 1.47. The molecule has 0 saturated carbocycles. The fourth-order valence-corrected chi connectivity index (χ4v) is 1.30. The Balaban J connectivity index is 2.75. The Hall–Kier alpha value is -2.32. The maximum atomic E-state index is 11.6. The molecule has 0 spiro atoms. The lowest BCUT2D eigenvalue weighted by Crippen LogP contribution is -2.11. The highest BCUT2D eigenvalue weighted by atomic mass is 16.6. The first-order valence-corrected chi connectivity index (χ1v) is 5.63. The van der Waals surface area contributed by atoms with Crippen molar-refractivity contribution < 1.29 is 19.0 Å². The lowest BCUT2D eigenvalue weighted by molar-refractivity contribution is -0.139. The molecule has 0 heterocycles. The number of esters is 1. The van der Waals surface area contributed by atoms with Crippen molar-refractivity contribution in [2.45, 2.75) is 0 Å². The average Bonchev–Trinajstić information content (AvgIpc) is 2.45. The van der Waals surface area contributed by atoms with Gasteiger partial charge < -0.3 is 14.2 Å². The third-order valence-corrected chi connectivity index (χ3v) is 2.29. The van der Waals surface area contributed by atoms with Gasteiger partial charge in [-0.05, 0) is 23.8 Å². The highest BCUT2D eigenvalue weighted by Crippen LogP contribution is 2.14. The first kappa shape index (κ1) is 14.7. The largest absolute Gasteiger partial charge is 0.497 e. The van der Waals surface area contributed by atoms with Gasteiger partial charge in [0.05, 0.1) is 13.7 Å². The topological polar surface area (TPSA) is 68.5 Å². The molecule has 0 atom stereocenters. The molecular formula is C14H15NO4. The number of methoxy groups -OCH3 is 2. The van der Waals surface area contributed by atoms with Gasteiger partial charge in [0, 0.05) is 7.11 Å². The number of nitriles is 1. The van der Waals surface area contributed by atoms with Gasteiger partial charge >= 0.3 is 5.97 Å². The van der Waals surface area contributed by atoms with Crippen LogP contribution in [0.5, 0.6) is 5.75 Å². The maximum Gasteiger partial charge on any atom is 0.348 e. The van der Waals surface area contributed by atoms with Crippen LogP contribution in [0.1, 0.15) is 5.56 Å². The highest BCUT2D eigenvalue weighted by Gasteiger charge is 2.10. The van der Waals surface area contributed by atoms with Crippen LogP contribution in [-0.2, 0) is 14.3 Å². The zero-order valence-corrected chi connectivity index (χ0v) is 10.9. The van der Waals surface area contributed by atoms with Gasteiger partial charge in [0.2, 0.25) is 0 Å². The van der Waals surface area contributed by atoms with E-state index in [-0.39, 0.29) is 12.2 Å². The molecule has 5 heteroatoms. The number of nitrogens with zero attached hydrogens (tertiary/aromatic N) is 1. The molecular weight excluding hydrogens is 246 g/mol. The molecule has 0 radical (unpaired) electrons. The maximum absolute atomic E-state index is 11.6. The fraction of sp³-hybridized carbons (Fsp3) is 0.286. The first-order valence-electron chi connectivity index (χ1n) is 5.63. The van der Waals surface area contributed by atoms with E-state index in [4.69, 9.17) is 19.5 Å². The standard InChI is InChI=1S/C14H15NO4/c1-17-7-8-19-14(16)12(10-15)9-11-3-5-13(18-2)6-4-11/h3-6,9H,7-8H2,1-2H3. The molecule has 0 saturated heterocycles. The number of carbonyl (C=O) groups excluding carboxylic acids is 1. The van der Waals surface area contributed by atoms with Gasteiger partial charge in [-0.3, -0.25) is 0 Å². The van der Waals surface area contributed by atoms with Gasteiger partial charge in [0.25, 0.3) is 0 Å². The normalized spacial score (nSPS) is 10.7. The summed E-state index contributed by atoms with van der Waals surface area (Å²) >= 11 is 0. The predicted octanol–water partition coefficient (Wildman–Crippen LogP) is 1.79. The van der Waals surface area contributed by atoms with Crippen LogP contribution in [0.3, 0.4) is 0 Å². The molecule has 0 N–H and O–H groups in total. The van der Waals surface area contributed by atoms with Gasteiger partial charge in [0.1, 0.15) is 24.0 Å². The van der Waals surface area contributed by atoms with Gasteiger partial charge in [0.15, 0.2) is 0 Å². The zero-order valence-electron chi connectivity index (χ0n) is 10.9. The Morgan fingerprint density at radius 1 is 1.26 bits per heavy atom. The van der Waals surface area contributed by atoms with E-state index in [1.54, 1.807) is 31.4 Å². The number of ether oxygens (including phenoxy) is 3. The number of benzene rings is 1. The van der Waals surface area contributed by atoms with Crippen LogP contribution in [-0.4, -0.2) is 33.4 Å². The Bertz CT molecular complexity index is 485. The van der Waals surface area contributed by atoms with Gasteiger partial charge in [-0.2, -0.15) is 5.26 Å².